The number of carbonyl (C=O) groups is 1. The van der Waals surface area contributed by atoms with Crippen molar-refractivity contribution in [1.29, 1.82) is 0 Å². The van der Waals surface area contributed by atoms with E-state index in [2.05, 4.69) is 11.9 Å². The van der Waals surface area contributed by atoms with Crippen LogP contribution in [0.15, 0.2) is 48.7 Å². The van der Waals surface area contributed by atoms with Crippen molar-refractivity contribution in [2.75, 3.05) is 0 Å². The second kappa shape index (κ2) is 10.3. The van der Waals surface area contributed by atoms with Gasteiger partial charge < -0.3 is 9.84 Å². The summed E-state index contributed by atoms with van der Waals surface area (Å²) in [6, 6.07) is 10.7. The number of pyridine rings is 1. The third-order valence-corrected chi connectivity index (χ3v) is 6.96. The van der Waals surface area contributed by atoms with Gasteiger partial charge in [-0.25, -0.2) is 9.37 Å². The number of aromatic nitrogens is 1. The number of nitrogens with zero attached hydrogens (tertiary/aromatic N) is 1. The van der Waals surface area contributed by atoms with Crippen LogP contribution in [0, 0.1) is 11.7 Å². The summed E-state index contributed by atoms with van der Waals surface area (Å²) in [5, 5.41) is 6.89. The molecule has 0 saturated carbocycles. The van der Waals surface area contributed by atoms with Crippen LogP contribution >= 0.6 is 0 Å². The number of hydrogen-bond acceptors (Lipinski definition) is 3. The van der Waals surface area contributed by atoms with Crippen molar-refractivity contribution in [3.63, 3.8) is 0 Å². The Kier molecular flexibility index (Phi) is 7.33. The van der Waals surface area contributed by atoms with Crippen LogP contribution in [-0.4, -0.2) is 16.6 Å². The fourth-order valence-corrected chi connectivity index (χ4v) is 5.38. The highest BCUT2D eigenvalue weighted by Crippen LogP contribution is 2.48. The van der Waals surface area contributed by atoms with Gasteiger partial charge in [-0.15, -0.1) is 0 Å². The summed E-state index contributed by atoms with van der Waals surface area (Å²) in [6.07, 6.45) is -0.137. The van der Waals surface area contributed by atoms with Gasteiger partial charge in [-0.1, -0.05) is 32.0 Å². The number of benzene rings is 2. The van der Waals surface area contributed by atoms with Gasteiger partial charge in [0.2, 0.25) is 5.88 Å². The van der Waals surface area contributed by atoms with Gasteiger partial charge in [0.1, 0.15) is 12.4 Å². The zero-order valence-corrected chi connectivity index (χ0v) is 20.0. The topological polar surface area (TPSA) is 59.4 Å². The van der Waals surface area contributed by atoms with Gasteiger partial charge in [0, 0.05) is 23.7 Å². The summed E-state index contributed by atoms with van der Waals surface area (Å²) in [7, 11) is 0. The number of hydrogen-bond donors (Lipinski definition) is 1. The van der Waals surface area contributed by atoms with E-state index in [1.165, 1.54) is 29.3 Å². The smallest absolute Gasteiger partial charge is 0.416 e. The molecule has 0 spiro atoms. The Bertz CT molecular complexity index is 1260. The molecule has 3 aromatic rings. The third kappa shape index (κ3) is 5.22. The largest absolute Gasteiger partial charge is 0.483 e. The average molecular weight is 502 g/mol. The Labute approximate surface area is 207 Å². The summed E-state index contributed by atoms with van der Waals surface area (Å²) >= 11 is 0. The first-order valence-corrected chi connectivity index (χ1v) is 11.8. The van der Waals surface area contributed by atoms with E-state index in [1.807, 2.05) is 19.2 Å². The molecule has 1 heterocycles. The lowest BCUT2D eigenvalue weighted by molar-refractivity contribution is -0.138. The van der Waals surface area contributed by atoms with E-state index < -0.39 is 23.5 Å². The van der Waals surface area contributed by atoms with E-state index in [9.17, 15) is 17.6 Å². The second-order valence-corrected chi connectivity index (χ2v) is 9.55. The summed E-state index contributed by atoms with van der Waals surface area (Å²) in [5.74, 6) is 0.142. The molecule has 0 amide bonds. The van der Waals surface area contributed by atoms with E-state index in [1.54, 1.807) is 12.1 Å². The Morgan fingerprint density at radius 2 is 1.75 bits per heavy atom. The molecule has 5 rings (SSSR count). The minimum Gasteiger partial charge on any atom is -0.483 e. The van der Waals surface area contributed by atoms with Crippen molar-refractivity contribution >= 4 is 6.47 Å². The van der Waals surface area contributed by atoms with Crippen molar-refractivity contribution in [3.05, 3.63) is 93.4 Å². The van der Waals surface area contributed by atoms with Crippen LogP contribution in [-0.2, 0) is 30.4 Å². The second-order valence-electron chi connectivity index (χ2n) is 9.55. The van der Waals surface area contributed by atoms with Crippen LogP contribution in [0.1, 0.15) is 71.0 Å². The fraction of sp³-hybridized carbons (Fsp3) is 0.357. The van der Waals surface area contributed by atoms with E-state index in [-0.39, 0.29) is 24.6 Å². The summed E-state index contributed by atoms with van der Waals surface area (Å²) in [4.78, 5) is 12.7. The monoisotopic (exact) mass is 501 g/mol. The summed E-state index contributed by atoms with van der Waals surface area (Å²) in [5.41, 5.74) is 3.88. The fourth-order valence-electron chi connectivity index (χ4n) is 5.38. The molecule has 4 nitrogen and oxygen atoms in total. The average Bonchev–Trinajstić information content (AvgIpc) is 3.35. The van der Waals surface area contributed by atoms with Gasteiger partial charge in [0.05, 0.1) is 5.56 Å². The maximum Gasteiger partial charge on any atom is 0.416 e. The first-order valence-electron chi connectivity index (χ1n) is 11.8. The van der Waals surface area contributed by atoms with Gasteiger partial charge in [-0.2, -0.15) is 13.2 Å². The Morgan fingerprint density at radius 3 is 2.47 bits per heavy atom. The molecule has 3 unspecified atom stereocenters. The number of carboxylic acid groups (broad SMARTS) is 1. The Balaban J connectivity index is 0.000000967. The number of alkyl halides is 3. The molecule has 190 valence electrons. The number of rotatable bonds is 4. The quantitative estimate of drug-likeness (QED) is 0.312. The maximum absolute atomic E-state index is 14.9. The summed E-state index contributed by atoms with van der Waals surface area (Å²) in [6.45, 7) is 3.84. The molecule has 0 bridgehead atoms. The molecule has 1 N–H and O–H groups in total. The van der Waals surface area contributed by atoms with E-state index >= 15 is 0 Å². The van der Waals surface area contributed by atoms with Crippen molar-refractivity contribution < 1.29 is 32.2 Å². The highest BCUT2D eigenvalue weighted by atomic mass is 19.4. The van der Waals surface area contributed by atoms with Crippen LogP contribution in [0.4, 0.5) is 17.6 Å². The molecule has 2 aromatic carbocycles. The molecule has 0 radical (unpaired) electrons. The number of ether oxygens (including phenoxy) is 1. The molecule has 36 heavy (non-hydrogen) atoms. The molecule has 2 aliphatic rings. The maximum atomic E-state index is 14.9. The standard InChI is InChI=1S/C27H25F4NO.CH2O2/c1-15-7-17-11-26(32-13-18(17)8-15)33-14-19-10-23-21(12-25(19)28)16(2)9-22(23)20-5-3-4-6-24(20)27(29,30)31;2-1-3/h3-6,10-13,15-16,22H,7-9,14H2,1-2H3;1H,(H,2,3). The van der Waals surface area contributed by atoms with Gasteiger partial charge in [0.15, 0.2) is 0 Å². The molecular weight excluding hydrogens is 474 g/mol. The van der Waals surface area contributed by atoms with E-state index in [4.69, 9.17) is 14.6 Å². The van der Waals surface area contributed by atoms with Crippen molar-refractivity contribution in [3.8, 4) is 5.88 Å². The zero-order valence-electron chi connectivity index (χ0n) is 20.0. The minimum absolute atomic E-state index is 0.0253. The van der Waals surface area contributed by atoms with Crippen molar-refractivity contribution in [1.82, 2.24) is 4.98 Å². The van der Waals surface area contributed by atoms with Gasteiger partial charge in [-0.05, 0) is 77.1 Å². The molecule has 1 aromatic heterocycles. The van der Waals surface area contributed by atoms with Crippen molar-refractivity contribution in [2.24, 2.45) is 5.92 Å². The predicted molar refractivity (Wildman–Crippen MR) is 127 cm³/mol. The first kappa shape index (κ1) is 25.7. The van der Waals surface area contributed by atoms with Crippen LogP contribution in [0.3, 0.4) is 0 Å². The van der Waals surface area contributed by atoms with Crippen molar-refractivity contribution in [2.45, 2.75) is 57.7 Å². The lowest BCUT2D eigenvalue weighted by Crippen LogP contribution is -2.12. The van der Waals surface area contributed by atoms with E-state index in [0.29, 0.717) is 23.8 Å². The van der Waals surface area contributed by atoms with Crippen LogP contribution in [0.5, 0.6) is 5.88 Å². The molecule has 8 heteroatoms. The third-order valence-electron chi connectivity index (χ3n) is 6.96. The predicted octanol–water partition coefficient (Wildman–Crippen LogP) is 6.89. The number of halogens is 4. The first-order chi connectivity index (χ1) is 17.1. The summed E-state index contributed by atoms with van der Waals surface area (Å²) < 4.78 is 61.7. The normalized spacial score (nSPS) is 20.2. The highest BCUT2D eigenvalue weighted by molar-refractivity contribution is 5.49. The SMILES string of the molecule is CC1Cc2cnc(OCc3cc4c(cc3F)C(C)CC4c3ccccc3C(F)(F)F)cc2C1.O=CO. The number of fused-ring (bicyclic) bond motifs is 2. The molecule has 2 aliphatic carbocycles. The zero-order chi connectivity index (χ0) is 26.0. The molecule has 3 atom stereocenters. The van der Waals surface area contributed by atoms with Crippen LogP contribution < -0.4 is 4.74 Å². The van der Waals surface area contributed by atoms with Gasteiger partial charge in [0.25, 0.3) is 6.47 Å². The Hall–Kier alpha value is -3.42. The van der Waals surface area contributed by atoms with Crippen LogP contribution in [0.2, 0.25) is 0 Å². The lowest BCUT2D eigenvalue weighted by atomic mass is 9.88. The lowest BCUT2D eigenvalue weighted by Gasteiger charge is -2.19. The Morgan fingerprint density at radius 1 is 1.06 bits per heavy atom. The van der Waals surface area contributed by atoms with Gasteiger partial charge in [-0.3, -0.25) is 4.79 Å². The van der Waals surface area contributed by atoms with E-state index in [0.717, 1.165) is 30.0 Å². The molecule has 0 aliphatic heterocycles. The van der Waals surface area contributed by atoms with Crippen LogP contribution in [0.25, 0.3) is 0 Å². The molecule has 0 saturated heterocycles. The highest BCUT2D eigenvalue weighted by Gasteiger charge is 2.38. The van der Waals surface area contributed by atoms with Gasteiger partial charge >= 0.3 is 6.18 Å². The molecule has 0 fully saturated rings. The molecular formula is C28H27F4NO3. The minimum atomic E-state index is -4.44.